The van der Waals surface area contributed by atoms with Gasteiger partial charge >= 0.3 is 0 Å². The quantitative estimate of drug-likeness (QED) is 0.695. The van der Waals surface area contributed by atoms with Crippen molar-refractivity contribution in [1.82, 2.24) is 15.1 Å². The Kier molecular flexibility index (Phi) is 5.36. The summed E-state index contributed by atoms with van der Waals surface area (Å²) in [6, 6.07) is 2.24. The third-order valence-electron chi connectivity index (χ3n) is 2.17. The molecule has 0 radical (unpaired) electrons. The van der Waals surface area contributed by atoms with Crippen LogP contribution in [0, 0.1) is 0 Å². The Labute approximate surface area is 91.6 Å². The van der Waals surface area contributed by atoms with Crippen LogP contribution in [0.2, 0.25) is 0 Å². The van der Waals surface area contributed by atoms with Crippen molar-refractivity contribution in [2.75, 3.05) is 19.8 Å². The first-order valence-corrected chi connectivity index (χ1v) is 5.58. The highest BCUT2D eigenvalue weighted by Crippen LogP contribution is 2.10. The summed E-state index contributed by atoms with van der Waals surface area (Å²) in [6.45, 7) is 6.64. The maximum Gasteiger partial charge on any atom is 0.0817 e. The fourth-order valence-corrected chi connectivity index (χ4v) is 1.46. The zero-order valence-corrected chi connectivity index (χ0v) is 9.86. The van der Waals surface area contributed by atoms with Crippen LogP contribution in [0.4, 0.5) is 0 Å². The molecule has 0 aliphatic heterocycles. The van der Waals surface area contributed by atoms with Gasteiger partial charge in [0.1, 0.15) is 0 Å². The average Bonchev–Trinajstić information content (AvgIpc) is 2.64. The van der Waals surface area contributed by atoms with Gasteiger partial charge < -0.3 is 10.1 Å². The zero-order chi connectivity index (χ0) is 11.1. The Morgan fingerprint density at radius 1 is 1.53 bits per heavy atom. The van der Waals surface area contributed by atoms with E-state index in [1.807, 2.05) is 24.0 Å². The molecule has 0 saturated carbocycles. The Morgan fingerprint density at radius 3 is 2.87 bits per heavy atom. The van der Waals surface area contributed by atoms with E-state index < -0.39 is 0 Å². The lowest BCUT2D eigenvalue weighted by molar-refractivity contribution is 0.111. The lowest BCUT2D eigenvalue weighted by Gasteiger charge is -2.15. The summed E-state index contributed by atoms with van der Waals surface area (Å²) in [7, 11) is 1.93. The average molecular weight is 211 g/mol. The predicted molar refractivity (Wildman–Crippen MR) is 60.7 cm³/mol. The molecule has 1 unspecified atom stereocenters. The molecule has 0 aromatic carbocycles. The fraction of sp³-hybridized carbons (Fsp3) is 0.727. The van der Waals surface area contributed by atoms with Crippen molar-refractivity contribution < 1.29 is 4.74 Å². The summed E-state index contributed by atoms with van der Waals surface area (Å²) in [6.07, 6.45) is 3.01. The van der Waals surface area contributed by atoms with Gasteiger partial charge in [-0.05, 0) is 19.0 Å². The van der Waals surface area contributed by atoms with Gasteiger partial charge in [0.15, 0.2) is 0 Å². The second-order valence-electron chi connectivity index (χ2n) is 3.60. The molecule has 0 saturated heterocycles. The fourth-order valence-electron chi connectivity index (χ4n) is 1.46. The number of likely N-dealkylation sites (N-methyl/N-ethyl adjacent to an activating group) is 1. The third-order valence-corrected chi connectivity index (χ3v) is 2.17. The zero-order valence-electron chi connectivity index (χ0n) is 9.86. The van der Waals surface area contributed by atoms with Gasteiger partial charge in [0.05, 0.1) is 18.3 Å². The molecule has 0 aliphatic carbocycles. The molecule has 1 rings (SSSR count). The van der Waals surface area contributed by atoms with E-state index in [9.17, 15) is 0 Å². The smallest absolute Gasteiger partial charge is 0.0817 e. The van der Waals surface area contributed by atoms with Gasteiger partial charge in [0.25, 0.3) is 0 Å². The largest absolute Gasteiger partial charge is 0.379 e. The Bertz CT molecular complexity index is 273. The van der Waals surface area contributed by atoms with E-state index >= 15 is 0 Å². The Hall–Kier alpha value is -0.870. The molecule has 86 valence electrons. The summed E-state index contributed by atoms with van der Waals surface area (Å²) < 4.78 is 7.37. The van der Waals surface area contributed by atoms with Crippen LogP contribution in [-0.4, -0.2) is 29.5 Å². The SMILES string of the molecule is CCCOCC(NCC)c1ccn(C)n1. The summed E-state index contributed by atoms with van der Waals surface area (Å²) in [5, 5.41) is 7.75. The standard InChI is InChI=1S/C11H21N3O/c1-4-8-15-9-11(12-5-2)10-6-7-14(3)13-10/h6-7,11-12H,4-5,8-9H2,1-3H3. The van der Waals surface area contributed by atoms with E-state index in [0.717, 1.165) is 25.3 Å². The topological polar surface area (TPSA) is 39.1 Å². The molecule has 1 atom stereocenters. The molecule has 1 N–H and O–H groups in total. The minimum Gasteiger partial charge on any atom is -0.379 e. The maximum absolute atomic E-state index is 5.55. The molecule has 1 aromatic heterocycles. The van der Waals surface area contributed by atoms with Crippen molar-refractivity contribution in [3.8, 4) is 0 Å². The Morgan fingerprint density at radius 2 is 2.33 bits per heavy atom. The van der Waals surface area contributed by atoms with Gasteiger partial charge in [0.2, 0.25) is 0 Å². The van der Waals surface area contributed by atoms with E-state index in [0.29, 0.717) is 6.61 Å². The number of ether oxygens (including phenoxy) is 1. The highest BCUT2D eigenvalue weighted by Gasteiger charge is 2.12. The normalized spacial score (nSPS) is 13.0. The number of aryl methyl sites for hydroxylation is 1. The number of hydrogen-bond donors (Lipinski definition) is 1. The summed E-state index contributed by atoms with van der Waals surface area (Å²) >= 11 is 0. The van der Waals surface area contributed by atoms with Crippen molar-refractivity contribution in [2.24, 2.45) is 7.05 Å². The molecule has 1 aromatic rings. The number of aromatic nitrogens is 2. The molecular formula is C11H21N3O. The molecule has 15 heavy (non-hydrogen) atoms. The van der Waals surface area contributed by atoms with Gasteiger partial charge in [-0.15, -0.1) is 0 Å². The molecule has 0 fully saturated rings. The first-order chi connectivity index (χ1) is 7.27. The molecule has 0 amide bonds. The van der Waals surface area contributed by atoms with Crippen LogP contribution >= 0.6 is 0 Å². The summed E-state index contributed by atoms with van der Waals surface area (Å²) in [5.74, 6) is 0. The van der Waals surface area contributed by atoms with Crippen LogP contribution in [0.15, 0.2) is 12.3 Å². The predicted octanol–water partition coefficient (Wildman–Crippen LogP) is 1.50. The lowest BCUT2D eigenvalue weighted by atomic mass is 10.2. The molecule has 4 nitrogen and oxygen atoms in total. The van der Waals surface area contributed by atoms with Crippen molar-refractivity contribution in [3.63, 3.8) is 0 Å². The number of nitrogens with zero attached hydrogens (tertiary/aromatic N) is 2. The van der Waals surface area contributed by atoms with Crippen molar-refractivity contribution in [1.29, 1.82) is 0 Å². The van der Waals surface area contributed by atoms with Crippen LogP contribution in [0.1, 0.15) is 32.0 Å². The van der Waals surface area contributed by atoms with Crippen LogP contribution in [-0.2, 0) is 11.8 Å². The highest BCUT2D eigenvalue weighted by molar-refractivity contribution is 5.05. The van der Waals surface area contributed by atoms with Gasteiger partial charge in [-0.2, -0.15) is 5.10 Å². The number of rotatable bonds is 7. The monoisotopic (exact) mass is 211 g/mol. The minimum atomic E-state index is 0.211. The summed E-state index contributed by atoms with van der Waals surface area (Å²) in [4.78, 5) is 0. The lowest BCUT2D eigenvalue weighted by Crippen LogP contribution is -2.26. The number of nitrogens with one attached hydrogen (secondary N) is 1. The molecular weight excluding hydrogens is 190 g/mol. The molecule has 1 heterocycles. The molecule has 0 aliphatic rings. The first-order valence-electron chi connectivity index (χ1n) is 5.58. The second kappa shape index (κ2) is 6.58. The van der Waals surface area contributed by atoms with E-state index in [-0.39, 0.29) is 6.04 Å². The van der Waals surface area contributed by atoms with Gasteiger partial charge in [-0.3, -0.25) is 4.68 Å². The molecule has 0 bridgehead atoms. The maximum atomic E-state index is 5.55. The Balaban J connectivity index is 2.49. The number of hydrogen-bond acceptors (Lipinski definition) is 3. The van der Waals surface area contributed by atoms with Gasteiger partial charge in [0, 0.05) is 19.9 Å². The summed E-state index contributed by atoms with van der Waals surface area (Å²) in [5.41, 5.74) is 1.05. The third kappa shape index (κ3) is 4.01. The van der Waals surface area contributed by atoms with E-state index in [2.05, 4.69) is 24.3 Å². The second-order valence-corrected chi connectivity index (χ2v) is 3.60. The van der Waals surface area contributed by atoms with Crippen molar-refractivity contribution in [2.45, 2.75) is 26.3 Å². The van der Waals surface area contributed by atoms with Crippen LogP contribution in [0.5, 0.6) is 0 Å². The van der Waals surface area contributed by atoms with E-state index in [1.54, 1.807) is 0 Å². The first kappa shape index (κ1) is 12.2. The van der Waals surface area contributed by atoms with Crippen LogP contribution in [0.3, 0.4) is 0 Å². The highest BCUT2D eigenvalue weighted by atomic mass is 16.5. The van der Waals surface area contributed by atoms with Crippen LogP contribution < -0.4 is 5.32 Å². The molecule has 4 heteroatoms. The van der Waals surface area contributed by atoms with Crippen molar-refractivity contribution >= 4 is 0 Å². The van der Waals surface area contributed by atoms with Gasteiger partial charge in [-0.25, -0.2) is 0 Å². The van der Waals surface area contributed by atoms with Crippen LogP contribution in [0.25, 0.3) is 0 Å². The minimum absolute atomic E-state index is 0.211. The van der Waals surface area contributed by atoms with E-state index in [4.69, 9.17) is 4.74 Å². The molecule has 0 spiro atoms. The van der Waals surface area contributed by atoms with E-state index in [1.165, 1.54) is 0 Å². The van der Waals surface area contributed by atoms with Crippen molar-refractivity contribution in [3.05, 3.63) is 18.0 Å². The van der Waals surface area contributed by atoms with Gasteiger partial charge in [-0.1, -0.05) is 13.8 Å².